The van der Waals surface area contributed by atoms with Crippen LogP contribution in [0.5, 0.6) is 0 Å². The molecule has 2 heterocycles. The van der Waals surface area contributed by atoms with Crippen LogP contribution in [0.3, 0.4) is 0 Å². The third kappa shape index (κ3) is 5.08. The van der Waals surface area contributed by atoms with Crippen molar-refractivity contribution in [3.8, 4) is 67.3 Å². The minimum Gasteiger partial charge on any atom is -0.228 e. The molecule has 0 unspecified atom stereocenters. The van der Waals surface area contributed by atoms with Gasteiger partial charge in [0.1, 0.15) is 0 Å². The quantitative estimate of drug-likeness (QED) is 0.176. The Hall–Kier alpha value is -6.68. The number of rotatable bonds is 5. The number of hydrogen-bond acceptors (Lipinski definition) is 3. The summed E-state index contributed by atoms with van der Waals surface area (Å²) in [5.74, 6) is 0.707. The van der Waals surface area contributed by atoms with Crippen molar-refractivity contribution < 1.29 is 0 Å². The molecule has 0 N–H and O–H groups in total. The van der Waals surface area contributed by atoms with Crippen LogP contribution >= 0.6 is 11.3 Å². The molecule has 0 radical (unpaired) electrons. The van der Waals surface area contributed by atoms with Crippen LogP contribution in [0.4, 0.5) is 0 Å². The van der Waals surface area contributed by atoms with E-state index in [1.807, 2.05) is 17.4 Å². The number of thiophene rings is 1. The lowest BCUT2D eigenvalue weighted by Crippen LogP contribution is -2.14. The molecular formula is C53H36N2S. The van der Waals surface area contributed by atoms with Gasteiger partial charge in [0.05, 0.1) is 11.4 Å². The Balaban J connectivity index is 1.14. The Morgan fingerprint density at radius 1 is 0.411 bits per heavy atom. The Morgan fingerprint density at radius 3 is 1.71 bits per heavy atom. The van der Waals surface area contributed by atoms with Gasteiger partial charge in [-0.2, -0.15) is 0 Å². The molecule has 1 aliphatic carbocycles. The van der Waals surface area contributed by atoms with Crippen molar-refractivity contribution >= 4 is 42.3 Å². The topological polar surface area (TPSA) is 25.8 Å². The summed E-state index contributed by atoms with van der Waals surface area (Å²) in [6.45, 7) is 4.73. The predicted molar refractivity (Wildman–Crippen MR) is 237 cm³/mol. The van der Waals surface area contributed by atoms with E-state index >= 15 is 0 Å². The molecule has 11 rings (SSSR count). The highest BCUT2D eigenvalue weighted by molar-refractivity contribution is 7.26. The monoisotopic (exact) mass is 732 g/mol. The zero-order valence-electron chi connectivity index (χ0n) is 31.1. The maximum absolute atomic E-state index is 5.37. The predicted octanol–water partition coefficient (Wildman–Crippen LogP) is 14.6. The van der Waals surface area contributed by atoms with Gasteiger partial charge in [0.15, 0.2) is 5.82 Å². The summed E-state index contributed by atoms with van der Waals surface area (Å²) in [7, 11) is 0. The Labute approximate surface area is 330 Å². The molecule has 0 amide bonds. The third-order valence-corrected chi connectivity index (χ3v) is 12.9. The van der Waals surface area contributed by atoms with Crippen molar-refractivity contribution in [2.24, 2.45) is 0 Å². The largest absolute Gasteiger partial charge is 0.228 e. The molecule has 0 saturated heterocycles. The van der Waals surface area contributed by atoms with Gasteiger partial charge in [-0.1, -0.05) is 172 Å². The summed E-state index contributed by atoms with van der Waals surface area (Å²) < 4.78 is 2.59. The van der Waals surface area contributed by atoms with Crippen molar-refractivity contribution in [1.82, 2.24) is 9.97 Å². The van der Waals surface area contributed by atoms with Gasteiger partial charge in [-0.15, -0.1) is 11.3 Å². The summed E-state index contributed by atoms with van der Waals surface area (Å²) in [5, 5.41) is 5.12. The molecule has 0 atom stereocenters. The maximum atomic E-state index is 5.37. The highest BCUT2D eigenvalue weighted by Gasteiger charge is 2.37. The molecule has 8 aromatic carbocycles. The van der Waals surface area contributed by atoms with Crippen LogP contribution in [-0.2, 0) is 5.41 Å². The van der Waals surface area contributed by atoms with Gasteiger partial charge < -0.3 is 0 Å². The van der Waals surface area contributed by atoms with Crippen molar-refractivity contribution in [2.45, 2.75) is 19.3 Å². The molecule has 3 heteroatoms. The fraction of sp³-hybridized carbons (Fsp3) is 0.0566. The first kappa shape index (κ1) is 32.7. The highest BCUT2D eigenvalue weighted by atomic mass is 32.1. The van der Waals surface area contributed by atoms with Gasteiger partial charge in [0.25, 0.3) is 0 Å². The van der Waals surface area contributed by atoms with E-state index in [4.69, 9.17) is 9.97 Å². The summed E-state index contributed by atoms with van der Waals surface area (Å²) in [6, 6.07) is 65.8. The summed E-state index contributed by atoms with van der Waals surface area (Å²) in [6.07, 6.45) is 0. The number of nitrogens with zero attached hydrogens (tertiary/aromatic N) is 2. The minimum atomic E-state index is -0.136. The van der Waals surface area contributed by atoms with E-state index < -0.39 is 0 Å². The van der Waals surface area contributed by atoms with Crippen LogP contribution in [0, 0.1) is 0 Å². The first-order valence-corrected chi connectivity index (χ1v) is 20.1. The normalized spacial score (nSPS) is 13.0. The Kier molecular flexibility index (Phi) is 7.42. The molecular weight excluding hydrogens is 697 g/mol. The number of aromatic nitrogens is 2. The van der Waals surface area contributed by atoms with E-state index in [0.717, 1.165) is 39.2 Å². The van der Waals surface area contributed by atoms with E-state index in [1.165, 1.54) is 64.3 Å². The number of fused-ring (bicyclic) bond motifs is 7. The maximum Gasteiger partial charge on any atom is 0.160 e. The average Bonchev–Trinajstić information content (AvgIpc) is 3.75. The third-order valence-electron chi connectivity index (χ3n) is 11.7. The Morgan fingerprint density at radius 2 is 0.964 bits per heavy atom. The molecule has 0 aliphatic heterocycles. The molecule has 0 bridgehead atoms. The molecule has 2 nitrogen and oxygen atoms in total. The van der Waals surface area contributed by atoms with Crippen LogP contribution < -0.4 is 0 Å². The van der Waals surface area contributed by atoms with E-state index in [-0.39, 0.29) is 5.41 Å². The van der Waals surface area contributed by atoms with E-state index in [9.17, 15) is 0 Å². The lowest BCUT2D eigenvalue weighted by Gasteiger charge is -2.22. The van der Waals surface area contributed by atoms with Gasteiger partial charge >= 0.3 is 0 Å². The number of hydrogen-bond donors (Lipinski definition) is 0. The molecule has 56 heavy (non-hydrogen) atoms. The minimum absolute atomic E-state index is 0.136. The van der Waals surface area contributed by atoms with Crippen LogP contribution in [-0.4, -0.2) is 9.97 Å². The van der Waals surface area contributed by atoms with Crippen molar-refractivity contribution in [2.75, 3.05) is 0 Å². The molecule has 264 valence electrons. The van der Waals surface area contributed by atoms with Crippen molar-refractivity contribution in [3.05, 3.63) is 193 Å². The first-order chi connectivity index (χ1) is 27.5. The summed E-state index contributed by atoms with van der Waals surface area (Å²) in [5.41, 5.74) is 14.9. The van der Waals surface area contributed by atoms with Gasteiger partial charge in [-0.3, -0.25) is 0 Å². The highest BCUT2D eigenvalue weighted by Crippen LogP contribution is 2.54. The fourth-order valence-electron chi connectivity index (χ4n) is 8.98. The van der Waals surface area contributed by atoms with Crippen LogP contribution in [0.2, 0.25) is 0 Å². The second-order valence-corrected chi connectivity index (χ2v) is 16.3. The summed E-state index contributed by atoms with van der Waals surface area (Å²) >= 11 is 1.86. The van der Waals surface area contributed by atoms with E-state index in [2.05, 4.69) is 190 Å². The SMILES string of the molecule is CC1(C)c2cc3ccccc3cc2-c2c(-c3ccccc3-c3cc(-c4ccccc4-c4cccc5c4sc4ccccc45)nc(-c4ccccc4)n3)cccc21. The standard InChI is InChI=1S/C53H36N2S/c1-53(2)45-28-15-25-41(50(45)44-30-34-18-6-7-19-35(34)31-46(44)53)36-20-8-10-22-38(36)47-32-48(55-52(54-47)33-16-4-3-5-17-33)39-23-11-9-21-37(39)42-26-14-27-43-40-24-12-13-29-49(40)56-51(42)43/h3-32H,1-2H3. The molecule has 0 fully saturated rings. The van der Waals surface area contributed by atoms with E-state index in [1.54, 1.807) is 0 Å². The van der Waals surface area contributed by atoms with Gasteiger partial charge in [0.2, 0.25) is 0 Å². The zero-order valence-corrected chi connectivity index (χ0v) is 31.9. The lowest BCUT2D eigenvalue weighted by atomic mass is 9.81. The second-order valence-electron chi connectivity index (χ2n) is 15.3. The fourth-order valence-corrected chi connectivity index (χ4v) is 10.2. The molecule has 0 saturated carbocycles. The zero-order chi connectivity index (χ0) is 37.4. The lowest BCUT2D eigenvalue weighted by molar-refractivity contribution is 0.661. The van der Waals surface area contributed by atoms with Crippen LogP contribution in [0.25, 0.3) is 98.2 Å². The van der Waals surface area contributed by atoms with Gasteiger partial charge in [-0.05, 0) is 74.0 Å². The molecule has 0 spiro atoms. The molecule has 1 aliphatic rings. The second kappa shape index (κ2) is 12.7. The van der Waals surface area contributed by atoms with Gasteiger partial charge in [0, 0.05) is 47.8 Å². The van der Waals surface area contributed by atoms with Gasteiger partial charge in [-0.25, -0.2) is 9.97 Å². The molecule has 10 aromatic rings. The van der Waals surface area contributed by atoms with E-state index in [0.29, 0.717) is 5.82 Å². The smallest absolute Gasteiger partial charge is 0.160 e. The average molecular weight is 733 g/mol. The molecule has 2 aromatic heterocycles. The first-order valence-electron chi connectivity index (χ1n) is 19.2. The van der Waals surface area contributed by atoms with Crippen LogP contribution in [0.15, 0.2) is 182 Å². The van der Waals surface area contributed by atoms with Crippen LogP contribution in [0.1, 0.15) is 25.0 Å². The number of benzene rings is 8. The van der Waals surface area contributed by atoms with Crippen molar-refractivity contribution in [1.29, 1.82) is 0 Å². The Bertz CT molecular complexity index is 3170. The summed E-state index contributed by atoms with van der Waals surface area (Å²) in [4.78, 5) is 10.7. The van der Waals surface area contributed by atoms with Crippen molar-refractivity contribution in [3.63, 3.8) is 0 Å².